The summed E-state index contributed by atoms with van der Waals surface area (Å²) in [6.07, 6.45) is 4.24. The molecular weight excluding hydrogens is 202 g/mol. The van der Waals surface area contributed by atoms with Gasteiger partial charge in [0.15, 0.2) is 0 Å². The van der Waals surface area contributed by atoms with Gasteiger partial charge in [-0.3, -0.25) is 9.63 Å². The van der Waals surface area contributed by atoms with Crippen molar-refractivity contribution in [2.45, 2.75) is 31.8 Å². The average molecular weight is 217 g/mol. The number of amides is 1. The van der Waals surface area contributed by atoms with Gasteiger partial charge in [-0.25, -0.2) is 10.3 Å². The van der Waals surface area contributed by atoms with Crippen LogP contribution < -0.4 is 5.48 Å². The van der Waals surface area contributed by atoms with Gasteiger partial charge in [-0.05, 0) is 12.8 Å². The molecule has 0 bridgehead atoms. The topological polar surface area (TPSA) is 84.9 Å². The third kappa shape index (κ3) is 5.34. The maximum atomic E-state index is 11.0. The molecule has 1 fully saturated rings. The number of nitrogens with one attached hydrogen (secondary N) is 1. The molecule has 0 spiro atoms. The van der Waals surface area contributed by atoms with E-state index in [1.54, 1.807) is 0 Å². The SMILES string of the molecule is O=C(O)COCC(=O)NOC1CCCC1. The van der Waals surface area contributed by atoms with Gasteiger partial charge in [-0.15, -0.1) is 0 Å². The second-order valence-corrected chi connectivity index (χ2v) is 3.44. The van der Waals surface area contributed by atoms with Crippen LogP contribution >= 0.6 is 0 Å². The van der Waals surface area contributed by atoms with Gasteiger partial charge in [-0.1, -0.05) is 12.8 Å². The van der Waals surface area contributed by atoms with E-state index in [0.717, 1.165) is 25.7 Å². The minimum atomic E-state index is -1.10. The Balaban J connectivity index is 2.00. The number of hydroxylamine groups is 1. The highest BCUT2D eigenvalue weighted by molar-refractivity contribution is 5.76. The zero-order valence-electron chi connectivity index (χ0n) is 8.40. The van der Waals surface area contributed by atoms with E-state index in [2.05, 4.69) is 10.2 Å². The maximum absolute atomic E-state index is 11.0. The molecule has 6 nitrogen and oxygen atoms in total. The molecule has 1 aliphatic rings. The highest BCUT2D eigenvalue weighted by Gasteiger charge is 2.16. The first kappa shape index (κ1) is 11.9. The number of ether oxygens (including phenoxy) is 1. The molecule has 0 atom stereocenters. The molecule has 1 saturated carbocycles. The van der Waals surface area contributed by atoms with Gasteiger partial charge in [0.1, 0.15) is 13.2 Å². The summed E-state index contributed by atoms with van der Waals surface area (Å²) in [7, 11) is 0. The van der Waals surface area contributed by atoms with E-state index in [1.807, 2.05) is 0 Å². The normalized spacial score (nSPS) is 16.5. The van der Waals surface area contributed by atoms with Crippen molar-refractivity contribution in [1.82, 2.24) is 5.48 Å². The van der Waals surface area contributed by atoms with Gasteiger partial charge in [0.2, 0.25) is 0 Å². The molecule has 0 heterocycles. The summed E-state index contributed by atoms with van der Waals surface area (Å²) in [4.78, 5) is 26.2. The summed E-state index contributed by atoms with van der Waals surface area (Å²) in [5.74, 6) is -1.55. The summed E-state index contributed by atoms with van der Waals surface area (Å²) in [5, 5.41) is 8.24. The van der Waals surface area contributed by atoms with Crippen LogP contribution in [-0.4, -0.2) is 36.3 Å². The van der Waals surface area contributed by atoms with E-state index in [1.165, 1.54) is 0 Å². The molecule has 0 saturated heterocycles. The van der Waals surface area contributed by atoms with Crippen LogP contribution in [0.15, 0.2) is 0 Å². The van der Waals surface area contributed by atoms with Crippen molar-refractivity contribution in [2.75, 3.05) is 13.2 Å². The fourth-order valence-corrected chi connectivity index (χ4v) is 1.42. The van der Waals surface area contributed by atoms with Crippen molar-refractivity contribution in [3.63, 3.8) is 0 Å². The van der Waals surface area contributed by atoms with Gasteiger partial charge in [0.05, 0.1) is 6.10 Å². The Labute approximate surface area is 87.5 Å². The van der Waals surface area contributed by atoms with Gasteiger partial charge in [0.25, 0.3) is 5.91 Å². The number of carboxylic acids is 1. The van der Waals surface area contributed by atoms with Gasteiger partial charge in [0, 0.05) is 0 Å². The zero-order valence-corrected chi connectivity index (χ0v) is 8.40. The highest BCUT2D eigenvalue weighted by Crippen LogP contribution is 2.19. The number of carboxylic acid groups (broad SMARTS) is 1. The number of hydrogen-bond donors (Lipinski definition) is 2. The Morgan fingerprint density at radius 1 is 1.27 bits per heavy atom. The van der Waals surface area contributed by atoms with E-state index in [4.69, 9.17) is 9.94 Å². The molecule has 0 aliphatic heterocycles. The molecule has 6 heteroatoms. The Hall–Kier alpha value is -1.14. The van der Waals surface area contributed by atoms with E-state index < -0.39 is 18.5 Å². The minimum Gasteiger partial charge on any atom is -0.480 e. The summed E-state index contributed by atoms with van der Waals surface area (Å²) in [6.45, 7) is -0.768. The van der Waals surface area contributed by atoms with Crippen molar-refractivity contribution < 1.29 is 24.3 Å². The third-order valence-corrected chi connectivity index (χ3v) is 2.10. The van der Waals surface area contributed by atoms with Crippen LogP contribution in [0.1, 0.15) is 25.7 Å². The van der Waals surface area contributed by atoms with E-state index >= 15 is 0 Å². The van der Waals surface area contributed by atoms with Crippen molar-refractivity contribution in [2.24, 2.45) is 0 Å². The van der Waals surface area contributed by atoms with Crippen molar-refractivity contribution in [3.05, 3.63) is 0 Å². The molecule has 1 rings (SSSR count). The van der Waals surface area contributed by atoms with Gasteiger partial charge >= 0.3 is 5.97 Å². The van der Waals surface area contributed by atoms with Crippen molar-refractivity contribution in [3.8, 4) is 0 Å². The molecule has 15 heavy (non-hydrogen) atoms. The van der Waals surface area contributed by atoms with Crippen LogP contribution in [-0.2, 0) is 19.2 Å². The van der Waals surface area contributed by atoms with Crippen LogP contribution in [0.25, 0.3) is 0 Å². The molecule has 1 aliphatic carbocycles. The van der Waals surface area contributed by atoms with E-state index in [0.29, 0.717) is 0 Å². The first-order valence-electron chi connectivity index (χ1n) is 4.92. The number of carbonyl (C=O) groups excluding carboxylic acids is 1. The summed E-state index contributed by atoms with van der Waals surface area (Å²) >= 11 is 0. The van der Waals surface area contributed by atoms with Crippen molar-refractivity contribution >= 4 is 11.9 Å². The van der Waals surface area contributed by atoms with Gasteiger partial charge < -0.3 is 9.84 Å². The average Bonchev–Trinajstić information content (AvgIpc) is 2.66. The molecule has 0 unspecified atom stereocenters. The van der Waals surface area contributed by atoms with Crippen molar-refractivity contribution in [1.29, 1.82) is 0 Å². The van der Waals surface area contributed by atoms with Crippen LogP contribution in [0.3, 0.4) is 0 Å². The number of carbonyl (C=O) groups is 2. The quantitative estimate of drug-likeness (QED) is 0.615. The van der Waals surface area contributed by atoms with E-state index in [-0.39, 0.29) is 12.7 Å². The van der Waals surface area contributed by atoms with E-state index in [9.17, 15) is 9.59 Å². The highest BCUT2D eigenvalue weighted by atomic mass is 16.7. The molecule has 0 aromatic rings. The van der Waals surface area contributed by atoms with Gasteiger partial charge in [-0.2, -0.15) is 0 Å². The lowest BCUT2D eigenvalue weighted by molar-refractivity contribution is -0.148. The first-order valence-corrected chi connectivity index (χ1v) is 4.92. The number of hydrogen-bond acceptors (Lipinski definition) is 4. The molecule has 0 aromatic heterocycles. The molecule has 1 amide bonds. The van der Waals surface area contributed by atoms with Crippen LogP contribution in [0, 0.1) is 0 Å². The Morgan fingerprint density at radius 2 is 1.93 bits per heavy atom. The van der Waals surface area contributed by atoms with Crippen LogP contribution in [0.2, 0.25) is 0 Å². The molecule has 2 N–H and O–H groups in total. The molecule has 0 aromatic carbocycles. The Morgan fingerprint density at radius 3 is 2.53 bits per heavy atom. The minimum absolute atomic E-state index is 0.0911. The third-order valence-electron chi connectivity index (χ3n) is 2.10. The lowest BCUT2D eigenvalue weighted by atomic mass is 10.3. The summed E-state index contributed by atoms with van der Waals surface area (Å²) in [5.41, 5.74) is 2.24. The smallest absolute Gasteiger partial charge is 0.329 e. The first-order chi connectivity index (χ1) is 7.18. The standard InChI is InChI=1S/C9H15NO5/c11-8(5-14-6-9(12)13)10-15-7-3-1-2-4-7/h7H,1-6H2,(H,10,11)(H,12,13). The largest absolute Gasteiger partial charge is 0.480 e. The lowest BCUT2D eigenvalue weighted by Gasteiger charge is -2.10. The summed E-state index contributed by atoms with van der Waals surface area (Å²) in [6, 6.07) is 0. The summed E-state index contributed by atoms with van der Waals surface area (Å²) < 4.78 is 4.58. The Kier molecular flexibility index (Phi) is 5.06. The fourth-order valence-electron chi connectivity index (χ4n) is 1.42. The van der Waals surface area contributed by atoms with Crippen LogP contribution in [0.4, 0.5) is 0 Å². The molecule has 0 radical (unpaired) electrons. The predicted octanol–water partition coefficient (Wildman–Crippen LogP) is 0.0780. The fraction of sp³-hybridized carbons (Fsp3) is 0.778. The second-order valence-electron chi connectivity index (χ2n) is 3.44. The zero-order chi connectivity index (χ0) is 11.1. The Bertz CT molecular complexity index is 225. The maximum Gasteiger partial charge on any atom is 0.329 e. The lowest BCUT2D eigenvalue weighted by Crippen LogP contribution is -2.31. The predicted molar refractivity (Wildman–Crippen MR) is 49.9 cm³/mol. The number of aliphatic carboxylic acids is 1. The second kappa shape index (κ2) is 6.36. The van der Waals surface area contributed by atoms with Crippen LogP contribution in [0.5, 0.6) is 0 Å². The molecular formula is C9H15NO5. The monoisotopic (exact) mass is 217 g/mol. The number of rotatable bonds is 6. The molecule has 86 valence electrons.